The fourth-order valence-corrected chi connectivity index (χ4v) is 2.78. The van der Waals surface area contributed by atoms with E-state index in [-0.39, 0.29) is 6.04 Å². The van der Waals surface area contributed by atoms with Crippen LogP contribution >= 0.6 is 22.9 Å². The highest BCUT2D eigenvalue weighted by molar-refractivity contribution is 7.10. The van der Waals surface area contributed by atoms with E-state index in [1.807, 2.05) is 11.4 Å². The van der Waals surface area contributed by atoms with Crippen LogP contribution in [-0.4, -0.2) is 21.7 Å². The minimum absolute atomic E-state index is 0.147. The van der Waals surface area contributed by atoms with Gasteiger partial charge in [-0.05, 0) is 24.4 Å². The lowest BCUT2D eigenvalue weighted by molar-refractivity contribution is 0.509. The van der Waals surface area contributed by atoms with Crippen molar-refractivity contribution >= 4 is 22.9 Å². The van der Waals surface area contributed by atoms with Crippen LogP contribution < -0.4 is 5.32 Å². The van der Waals surface area contributed by atoms with Crippen LogP contribution in [0.15, 0.2) is 17.8 Å². The second kappa shape index (κ2) is 6.14. The highest BCUT2D eigenvalue weighted by Gasteiger charge is 2.16. The maximum absolute atomic E-state index is 6.12. The molecular formula is C11H15ClN4S. The topological polar surface area (TPSA) is 53.6 Å². The number of aromatic nitrogens is 3. The van der Waals surface area contributed by atoms with Crippen molar-refractivity contribution in [2.45, 2.75) is 25.8 Å². The Morgan fingerprint density at radius 3 is 3.06 bits per heavy atom. The van der Waals surface area contributed by atoms with Crippen molar-refractivity contribution in [3.8, 4) is 0 Å². The van der Waals surface area contributed by atoms with Gasteiger partial charge in [-0.2, -0.15) is 5.10 Å². The molecule has 0 aromatic carbocycles. The lowest BCUT2D eigenvalue weighted by Crippen LogP contribution is -2.25. The molecule has 2 heterocycles. The maximum Gasteiger partial charge on any atom is 0.141 e. The van der Waals surface area contributed by atoms with Gasteiger partial charge in [-0.3, -0.25) is 5.10 Å². The predicted octanol–water partition coefficient (Wildman–Crippen LogP) is 2.80. The molecule has 0 fully saturated rings. The third kappa shape index (κ3) is 3.28. The van der Waals surface area contributed by atoms with Gasteiger partial charge in [0.2, 0.25) is 0 Å². The van der Waals surface area contributed by atoms with Gasteiger partial charge in [0, 0.05) is 11.3 Å². The molecule has 0 amide bonds. The van der Waals surface area contributed by atoms with E-state index in [1.165, 1.54) is 11.2 Å². The summed E-state index contributed by atoms with van der Waals surface area (Å²) in [7, 11) is 0. The van der Waals surface area contributed by atoms with Crippen LogP contribution in [0.5, 0.6) is 0 Å². The zero-order valence-electron chi connectivity index (χ0n) is 9.61. The molecule has 2 aromatic rings. The molecule has 0 aliphatic heterocycles. The SMILES string of the molecule is CCCNC(Cc1sccc1Cl)c1ncn[nH]1. The van der Waals surface area contributed by atoms with Crippen LogP contribution in [0.4, 0.5) is 0 Å². The van der Waals surface area contributed by atoms with Crippen molar-refractivity contribution < 1.29 is 0 Å². The summed E-state index contributed by atoms with van der Waals surface area (Å²) in [5.41, 5.74) is 0. The summed E-state index contributed by atoms with van der Waals surface area (Å²) in [5, 5.41) is 13.1. The average molecular weight is 271 g/mol. The van der Waals surface area contributed by atoms with Crippen LogP contribution in [0.3, 0.4) is 0 Å². The monoisotopic (exact) mass is 270 g/mol. The maximum atomic E-state index is 6.12. The number of thiophene rings is 1. The Hall–Kier alpha value is -0.910. The Morgan fingerprint density at radius 1 is 1.59 bits per heavy atom. The summed E-state index contributed by atoms with van der Waals surface area (Å²) < 4.78 is 0. The number of hydrogen-bond acceptors (Lipinski definition) is 4. The number of nitrogens with zero attached hydrogens (tertiary/aromatic N) is 2. The number of nitrogens with one attached hydrogen (secondary N) is 2. The van der Waals surface area contributed by atoms with Gasteiger partial charge >= 0.3 is 0 Å². The number of H-pyrrole nitrogens is 1. The van der Waals surface area contributed by atoms with Gasteiger partial charge in [-0.1, -0.05) is 18.5 Å². The van der Waals surface area contributed by atoms with Gasteiger partial charge < -0.3 is 5.32 Å². The molecule has 17 heavy (non-hydrogen) atoms. The highest BCUT2D eigenvalue weighted by atomic mass is 35.5. The molecule has 0 aliphatic rings. The summed E-state index contributed by atoms with van der Waals surface area (Å²) in [6.07, 6.45) is 3.46. The zero-order valence-corrected chi connectivity index (χ0v) is 11.2. The Labute approximate surface area is 109 Å². The number of rotatable bonds is 6. The van der Waals surface area contributed by atoms with Gasteiger partial charge in [0.05, 0.1) is 11.1 Å². The van der Waals surface area contributed by atoms with Gasteiger partial charge in [0.25, 0.3) is 0 Å². The molecule has 1 atom stereocenters. The number of halogens is 1. The lowest BCUT2D eigenvalue weighted by Gasteiger charge is -2.15. The molecular weight excluding hydrogens is 256 g/mol. The first-order valence-electron chi connectivity index (χ1n) is 5.61. The van der Waals surface area contributed by atoms with Gasteiger partial charge in [0.15, 0.2) is 0 Å². The molecule has 0 spiro atoms. The molecule has 2 rings (SSSR count). The van der Waals surface area contributed by atoms with E-state index < -0.39 is 0 Å². The van der Waals surface area contributed by atoms with Crippen LogP contribution in [0.2, 0.25) is 5.02 Å². The first-order chi connectivity index (χ1) is 8.31. The van der Waals surface area contributed by atoms with Crippen molar-refractivity contribution in [1.29, 1.82) is 0 Å². The normalized spacial score (nSPS) is 12.8. The van der Waals surface area contributed by atoms with Crippen LogP contribution in [0.1, 0.15) is 30.1 Å². The predicted molar refractivity (Wildman–Crippen MR) is 70.5 cm³/mol. The van der Waals surface area contributed by atoms with E-state index >= 15 is 0 Å². The van der Waals surface area contributed by atoms with E-state index in [1.54, 1.807) is 11.3 Å². The summed E-state index contributed by atoms with van der Waals surface area (Å²) in [6.45, 7) is 3.09. The molecule has 6 heteroatoms. The van der Waals surface area contributed by atoms with E-state index in [0.29, 0.717) is 0 Å². The fourth-order valence-electron chi connectivity index (χ4n) is 1.62. The van der Waals surface area contributed by atoms with Crippen LogP contribution in [0, 0.1) is 0 Å². The van der Waals surface area contributed by atoms with E-state index in [0.717, 1.165) is 30.2 Å². The minimum atomic E-state index is 0.147. The molecule has 0 aliphatic carbocycles. The quantitative estimate of drug-likeness (QED) is 0.849. The molecule has 4 nitrogen and oxygen atoms in total. The van der Waals surface area contributed by atoms with Crippen molar-refractivity contribution in [2.24, 2.45) is 0 Å². The summed E-state index contributed by atoms with van der Waals surface area (Å²) in [4.78, 5) is 5.39. The Balaban J connectivity index is 2.08. The Morgan fingerprint density at radius 2 is 2.47 bits per heavy atom. The third-order valence-electron chi connectivity index (χ3n) is 2.49. The third-order valence-corrected chi connectivity index (χ3v) is 3.89. The lowest BCUT2D eigenvalue weighted by atomic mass is 10.1. The Kier molecular flexibility index (Phi) is 4.53. The van der Waals surface area contributed by atoms with Gasteiger partial charge in [-0.25, -0.2) is 4.98 Å². The van der Waals surface area contributed by atoms with Crippen LogP contribution in [0.25, 0.3) is 0 Å². The molecule has 0 saturated carbocycles. The average Bonchev–Trinajstić information content (AvgIpc) is 2.96. The van der Waals surface area contributed by atoms with Crippen molar-refractivity contribution in [2.75, 3.05) is 6.54 Å². The second-order valence-electron chi connectivity index (χ2n) is 3.77. The largest absolute Gasteiger partial charge is 0.307 e. The molecule has 0 bridgehead atoms. The smallest absolute Gasteiger partial charge is 0.141 e. The highest BCUT2D eigenvalue weighted by Crippen LogP contribution is 2.26. The zero-order chi connectivity index (χ0) is 12.1. The minimum Gasteiger partial charge on any atom is -0.307 e. The molecule has 1 unspecified atom stereocenters. The fraction of sp³-hybridized carbons (Fsp3) is 0.455. The second-order valence-corrected chi connectivity index (χ2v) is 5.18. The van der Waals surface area contributed by atoms with Crippen molar-refractivity contribution in [3.05, 3.63) is 33.5 Å². The molecule has 2 aromatic heterocycles. The molecule has 0 saturated heterocycles. The summed E-state index contributed by atoms with van der Waals surface area (Å²) >= 11 is 7.79. The summed E-state index contributed by atoms with van der Waals surface area (Å²) in [6, 6.07) is 2.08. The van der Waals surface area contributed by atoms with E-state index in [4.69, 9.17) is 11.6 Å². The number of aromatic amines is 1. The number of hydrogen-bond donors (Lipinski definition) is 2. The molecule has 92 valence electrons. The molecule has 2 N–H and O–H groups in total. The first kappa shape index (κ1) is 12.5. The van der Waals surface area contributed by atoms with E-state index in [9.17, 15) is 0 Å². The van der Waals surface area contributed by atoms with Crippen molar-refractivity contribution in [1.82, 2.24) is 20.5 Å². The molecule has 0 radical (unpaired) electrons. The van der Waals surface area contributed by atoms with Crippen LogP contribution in [-0.2, 0) is 6.42 Å². The van der Waals surface area contributed by atoms with E-state index in [2.05, 4.69) is 27.4 Å². The van der Waals surface area contributed by atoms with Crippen molar-refractivity contribution in [3.63, 3.8) is 0 Å². The Bertz CT molecular complexity index is 440. The summed E-state index contributed by atoms with van der Waals surface area (Å²) in [5.74, 6) is 0.864. The standard InChI is InChI=1S/C11H15ClN4S/c1-2-4-13-9(11-14-7-15-16-11)6-10-8(12)3-5-17-10/h3,5,7,9,13H,2,4,6H2,1H3,(H,14,15,16). The van der Waals surface area contributed by atoms with Gasteiger partial charge in [-0.15, -0.1) is 11.3 Å². The van der Waals surface area contributed by atoms with Gasteiger partial charge in [0.1, 0.15) is 12.2 Å². The first-order valence-corrected chi connectivity index (χ1v) is 6.87.